The summed E-state index contributed by atoms with van der Waals surface area (Å²) in [6.07, 6.45) is 1.59. The molecule has 13 heteroatoms. The molecule has 1 aromatic carbocycles. The molecule has 0 bridgehead atoms. The summed E-state index contributed by atoms with van der Waals surface area (Å²) in [6.45, 7) is 6.77. The third-order valence-electron chi connectivity index (χ3n) is 7.08. The molecule has 2 atom stereocenters. The summed E-state index contributed by atoms with van der Waals surface area (Å²) in [5, 5.41) is 5.33. The first-order valence-electron chi connectivity index (χ1n) is 14.1. The SMILES string of the molecule is CN1CC[C@@H](OCCOCCOCCOCCOCCNc2cccc3c2C(=O)N(C2CCC(=O)NC2=O)C3=O)C1. The van der Waals surface area contributed by atoms with Gasteiger partial charge in [-0.05, 0) is 32.0 Å². The van der Waals surface area contributed by atoms with Gasteiger partial charge in [-0.1, -0.05) is 6.07 Å². The minimum absolute atomic E-state index is 0.0764. The van der Waals surface area contributed by atoms with Gasteiger partial charge in [0.2, 0.25) is 11.8 Å². The lowest BCUT2D eigenvalue weighted by molar-refractivity contribution is -0.136. The molecule has 2 saturated heterocycles. The van der Waals surface area contributed by atoms with E-state index in [9.17, 15) is 19.2 Å². The standard InChI is InChI=1S/C28H40N4O9/c1-31-9-7-20(19-31)41-18-17-40-16-15-39-14-13-38-12-11-37-10-8-29-22-4-2-3-21-25(22)28(36)32(27(21)35)23-5-6-24(33)30-26(23)34/h2-4,20,23,29H,5-19H2,1H3,(H,30,33,34)/t20-,23?/m1/s1. The summed E-state index contributed by atoms with van der Waals surface area (Å²) in [7, 11) is 2.10. The smallest absolute Gasteiger partial charge is 0.264 e. The minimum Gasteiger partial charge on any atom is -0.382 e. The Kier molecular flexibility index (Phi) is 12.0. The number of likely N-dealkylation sites (tertiary alicyclic amines) is 1. The zero-order valence-electron chi connectivity index (χ0n) is 23.6. The highest BCUT2D eigenvalue weighted by Gasteiger charge is 2.45. The van der Waals surface area contributed by atoms with Crippen LogP contribution >= 0.6 is 0 Å². The molecule has 4 rings (SSSR count). The van der Waals surface area contributed by atoms with Crippen molar-refractivity contribution in [1.82, 2.24) is 15.1 Å². The van der Waals surface area contributed by atoms with Gasteiger partial charge in [0, 0.05) is 31.7 Å². The molecule has 0 saturated carbocycles. The molecule has 41 heavy (non-hydrogen) atoms. The van der Waals surface area contributed by atoms with Gasteiger partial charge in [-0.15, -0.1) is 0 Å². The molecule has 3 heterocycles. The average Bonchev–Trinajstić information content (AvgIpc) is 3.48. The number of hydrogen-bond acceptors (Lipinski definition) is 11. The van der Waals surface area contributed by atoms with Crippen LogP contribution in [0.3, 0.4) is 0 Å². The molecule has 2 N–H and O–H groups in total. The first-order valence-corrected chi connectivity index (χ1v) is 14.1. The van der Waals surface area contributed by atoms with E-state index in [2.05, 4.69) is 22.6 Å². The van der Waals surface area contributed by atoms with Gasteiger partial charge in [0.05, 0.1) is 76.7 Å². The van der Waals surface area contributed by atoms with Crippen molar-refractivity contribution in [2.45, 2.75) is 31.4 Å². The van der Waals surface area contributed by atoms with Crippen molar-refractivity contribution in [2.24, 2.45) is 0 Å². The maximum atomic E-state index is 13.1. The molecule has 1 aromatic rings. The van der Waals surface area contributed by atoms with E-state index in [1.165, 1.54) is 0 Å². The van der Waals surface area contributed by atoms with Gasteiger partial charge in [-0.25, -0.2) is 0 Å². The molecule has 3 aliphatic rings. The van der Waals surface area contributed by atoms with E-state index < -0.39 is 29.7 Å². The Balaban J connectivity index is 1.01. The highest BCUT2D eigenvalue weighted by Crippen LogP contribution is 2.32. The van der Waals surface area contributed by atoms with Crippen LogP contribution in [0.4, 0.5) is 5.69 Å². The Labute approximate surface area is 239 Å². The Hall–Kier alpha value is -2.94. The molecular formula is C28H40N4O9. The Bertz CT molecular complexity index is 1070. The van der Waals surface area contributed by atoms with Crippen molar-refractivity contribution in [3.63, 3.8) is 0 Å². The minimum atomic E-state index is -0.996. The molecule has 2 fully saturated rings. The molecule has 0 radical (unpaired) electrons. The molecule has 0 spiro atoms. The van der Waals surface area contributed by atoms with Crippen molar-refractivity contribution in [1.29, 1.82) is 0 Å². The number of nitrogens with zero attached hydrogens (tertiary/aromatic N) is 2. The van der Waals surface area contributed by atoms with Crippen LogP contribution in [0.2, 0.25) is 0 Å². The van der Waals surface area contributed by atoms with Crippen LogP contribution in [0.1, 0.15) is 40.0 Å². The van der Waals surface area contributed by atoms with E-state index in [-0.39, 0.29) is 24.0 Å². The summed E-state index contributed by atoms with van der Waals surface area (Å²) in [5.74, 6) is -2.13. The summed E-state index contributed by atoms with van der Waals surface area (Å²) in [4.78, 5) is 52.9. The molecule has 4 amide bonds. The second-order valence-electron chi connectivity index (χ2n) is 10.1. The largest absolute Gasteiger partial charge is 0.382 e. The van der Waals surface area contributed by atoms with E-state index in [1.807, 2.05) is 0 Å². The van der Waals surface area contributed by atoms with E-state index in [0.717, 1.165) is 24.4 Å². The fraction of sp³-hybridized carbons (Fsp3) is 0.643. The molecule has 13 nitrogen and oxygen atoms in total. The van der Waals surface area contributed by atoms with Gasteiger partial charge >= 0.3 is 0 Å². The van der Waals surface area contributed by atoms with Crippen molar-refractivity contribution in [3.05, 3.63) is 29.3 Å². The number of fused-ring (bicyclic) bond motifs is 1. The molecule has 1 unspecified atom stereocenters. The van der Waals surface area contributed by atoms with Gasteiger partial charge in [0.15, 0.2) is 0 Å². The third-order valence-corrected chi connectivity index (χ3v) is 7.08. The Morgan fingerprint density at radius 2 is 1.51 bits per heavy atom. The number of nitrogens with one attached hydrogen (secondary N) is 2. The zero-order valence-corrected chi connectivity index (χ0v) is 23.6. The maximum absolute atomic E-state index is 13.1. The normalized spacial score (nSPS) is 21.0. The Morgan fingerprint density at radius 1 is 0.854 bits per heavy atom. The molecule has 3 aliphatic heterocycles. The molecule has 0 aliphatic carbocycles. The van der Waals surface area contributed by atoms with Crippen molar-refractivity contribution in [2.75, 3.05) is 91.5 Å². The zero-order chi connectivity index (χ0) is 29.0. The maximum Gasteiger partial charge on any atom is 0.264 e. The van der Waals surface area contributed by atoms with Crippen LogP contribution in [0, 0.1) is 0 Å². The number of ether oxygens (including phenoxy) is 5. The summed E-state index contributed by atoms with van der Waals surface area (Å²) in [5.41, 5.74) is 0.946. The predicted molar refractivity (Wildman–Crippen MR) is 147 cm³/mol. The van der Waals surface area contributed by atoms with Crippen LogP contribution in [-0.2, 0) is 33.3 Å². The molecule has 0 aromatic heterocycles. The molecular weight excluding hydrogens is 536 g/mol. The average molecular weight is 577 g/mol. The lowest BCUT2D eigenvalue weighted by atomic mass is 10.0. The fourth-order valence-electron chi connectivity index (χ4n) is 4.99. The second kappa shape index (κ2) is 15.9. The van der Waals surface area contributed by atoms with Crippen molar-refractivity contribution >= 4 is 29.3 Å². The second-order valence-corrected chi connectivity index (χ2v) is 10.1. The number of carbonyl (C=O) groups is 4. The number of likely N-dealkylation sites (N-methyl/N-ethyl adjacent to an activating group) is 1. The van der Waals surface area contributed by atoms with Gasteiger partial charge < -0.3 is 33.9 Å². The van der Waals surface area contributed by atoms with Crippen LogP contribution in [0.25, 0.3) is 0 Å². The topological polar surface area (TPSA) is 145 Å². The molecule has 226 valence electrons. The van der Waals surface area contributed by atoms with Crippen LogP contribution in [0.15, 0.2) is 18.2 Å². The highest BCUT2D eigenvalue weighted by molar-refractivity contribution is 6.25. The number of anilines is 1. The monoisotopic (exact) mass is 576 g/mol. The Morgan fingerprint density at radius 3 is 2.15 bits per heavy atom. The predicted octanol–water partition coefficient (Wildman–Crippen LogP) is 0.287. The number of rotatable bonds is 18. The number of carbonyl (C=O) groups excluding carboxylic acids is 4. The first kappa shape index (κ1) is 31.0. The van der Waals surface area contributed by atoms with Crippen LogP contribution in [-0.4, -0.2) is 132 Å². The third kappa shape index (κ3) is 8.77. The quantitative estimate of drug-likeness (QED) is 0.184. The van der Waals surface area contributed by atoms with Crippen molar-refractivity contribution < 1.29 is 42.9 Å². The van der Waals surface area contributed by atoms with Crippen LogP contribution < -0.4 is 10.6 Å². The van der Waals surface area contributed by atoms with Gasteiger partial charge in [0.25, 0.3) is 11.8 Å². The van der Waals surface area contributed by atoms with E-state index in [0.29, 0.717) is 77.8 Å². The first-order chi connectivity index (χ1) is 20.0. The lowest BCUT2D eigenvalue weighted by Gasteiger charge is -2.27. The van der Waals surface area contributed by atoms with E-state index in [4.69, 9.17) is 23.7 Å². The van der Waals surface area contributed by atoms with Crippen LogP contribution in [0.5, 0.6) is 0 Å². The summed E-state index contributed by atoms with van der Waals surface area (Å²) < 4.78 is 27.9. The van der Waals surface area contributed by atoms with Crippen molar-refractivity contribution in [3.8, 4) is 0 Å². The number of piperidine rings is 1. The van der Waals surface area contributed by atoms with Gasteiger partial charge in [0.1, 0.15) is 6.04 Å². The number of imide groups is 2. The van der Waals surface area contributed by atoms with Gasteiger partial charge in [-0.2, -0.15) is 0 Å². The van der Waals surface area contributed by atoms with E-state index in [1.54, 1.807) is 18.2 Å². The van der Waals surface area contributed by atoms with Gasteiger partial charge in [-0.3, -0.25) is 29.4 Å². The fourth-order valence-corrected chi connectivity index (χ4v) is 4.99. The van der Waals surface area contributed by atoms with E-state index >= 15 is 0 Å². The highest BCUT2D eigenvalue weighted by atomic mass is 16.6. The summed E-state index contributed by atoms with van der Waals surface area (Å²) in [6, 6.07) is 3.94. The number of hydrogen-bond donors (Lipinski definition) is 2. The number of amides is 4. The lowest BCUT2D eigenvalue weighted by Crippen LogP contribution is -2.54. The summed E-state index contributed by atoms with van der Waals surface area (Å²) >= 11 is 0. The number of benzene rings is 1.